The molecule has 2 rings (SSSR count). The average Bonchev–Trinajstić information content (AvgIpc) is 3.11. The monoisotopic (exact) mass is 248 g/mol. The summed E-state index contributed by atoms with van der Waals surface area (Å²) < 4.78 is 5.51. The van der Waals surface area contributed by atoms with Crippen LogP contribution in [0.4, 0.5) is 11.4 Å². The molecule has 3 nitrogen and oxygen atoms in total. The lowest BCUT2D eigenvalue weighted by Crippen LogP contribution is -2.16. The maximum absolute atomic E-state index is 6.11. The van der Waals surface area contributed by atoms with Crippen LogP contribution in [0.2, 0.25) is 0 Å². The SMILES string of the molecule is CCCC1(CNc2cccc(OCC)c2N)CC1. The first-order valence-electron chi connectivity index (χ1n) is 6.96. The minimum absolute atomic E-state index is 0.531. The van der Waals surface area contributed by atoms with Gasteiger partial charge in [-0.25, -0.2) is 0 Å². The second-order valence-electron chi connectivity index (χ2n) is 5.25. The standard InChI is InChI=1S/C15H24N2O/c1-3-8-15(9-10-15)11-17-12-6-5-7-13(14(12)16)18-4-2/h5-7,17H,3-4,8-11,16H2,1-2H3. The van der Waals surface area contributed by atoms with Gasteiger partial charge in [0.2, 0.25) is 0 Å². The Labute approximate surface area is 110 Å². The predicted octanol–water partition coefficient (Wildman–Crippen LogP) is 3.66. The van der Waals surface area contributed by atoms with E-state index in [2.05, 4.69) is 12.2 Å². The minimum atomic E-state index is 0.531. The number of nitrogens with two attached hydrogens (primary N) is 1. The molecule has 0 saturated heterocycles. The molecule has 0 aromatic heterocycles. The molecular formula is C15H24N2O. The van der Waals surface area contributed by atoms with Crippen molar-refractivity contribution in [2.24, 2.45) is 5.41 Å². The zero-order valence-electron chi connectivity index (χ0n) is 11.5. The van der Waals surface area contributed by atoms with Crippen LogP contribution in [0, 0.1) is 5.41 Å². The molecule has 1 fully saturated rings. The van der Waals surface area contributed by atoms with Crippen molar-refractivity contribution in [2.45, 2.75) is 39.5 Å². The molecule has 18 heavy (non-hydrogen) atoms. The van der Waals surface area contributed by atoms with Crippen molar-refractivity contribution in [3.63, 3.8) is 0 Å². The summed E-state index contributed by atoms with van der Waals surface area (Å²) in [5, 5.41) is 3.49. The van der Waals surface area contributed by atoms with E-state index in [-0.39, 0.29) is 0 Å². The Morgan fingerprint density at radius 3 is 2.72 bits per heavy atom. The van der Waals surface area contributed by atoms with Crippen LogP contribution in [-0.2, 0) is 0 Å². The fraction of sp³-hybridized carbons (Fsp3) is 0.600. The van der Waals surface area contributed by atoms with Crippen molar-refractivity contribution in [1.82, 2.24) is 0 Å². The van der Waals surface area contributed by atoms with Gasteiger partial charge in [0, 0.05) is 6.54 Å². The number of nitrogens with one attached hydrogen (secondary N) is 1. The fourth-order valence-electron chi connectivity index (χ4n) is 2.48. The lowest BCUT2D eigenvalue weighted by atomic mass is 10.0. The van der Waals surface area contributed by atoms with Crippen molar-refractivity contribution < 1.29 is 4.74 Å². The number of benzene rings is 1. The Morgan fingerprint density at radius 2 is 2.11 bits per heavy atom. The predicted molar refractivity (Wildman–Crippen MR) is 77.1 cm³/mol. The second-order valence-corrected chi connectivity index (χ2v) is 5.25. The molecule has 1 aromatic rings. The first kappa shape index (κ1) is 13.1. The molecule has 0 heterocycles. The number of hydrogen-bond donors (Lipinski definition) is 2. The lowest BCUT2D eigenvalue weighted by Gasteiger charge is -2.18. The molecule has 1 aromatic carbocycles. The smallest absolute Gasteiger partial charge is 0.144 e. The summed E-state index contributed by atoms with van der Waals surface area (Å²) in [6, 6.07) is 5.94. The van der Waals surface area contributed by atoms with Gasteiger partial charge in [0.1, 0.15) is 5.75 Å². The number of nitrogen functional groups attached to an aromatic ring is 1. The van der Waals surface area contributed by atoms with Crippen molar-refractivity contribution in [3.05, 3.63) is 18.2 Å². The minimum Gasteiger partial charge on any atom is -0.492 e. The first-order chi connectivity index (χ1) is 8.71. The van der Waals surface area contributed by atoms with Gasteiger partial charge < -0.3 is 15.8 Å². The van der Waals surface area contributed by atoms with Crippen LogP contribution in [0.15, 0.2) is 18.2 Å². The van der Waals surface area contributed by atoms with Crippen LogP contribution >= 0.6 is 0 Å². The van der Waals surface area contributed by atoms with E-state index in [0.29, 0.717) is 12.0 Å². The number of para-hydroxylation sites is 1. The maximum atomic E-state index is 6.11. The normalized spacial score (nSPS) is 16.3. The van der Waals surface area contributed by atoms with Crippen molar-refractivity contribution in [1.29, 1.82) is 0 Å². The van der Waals surface area contributed by atoms with E-state index >= 15 is 0 Å². The molecule has 0 amide bonds. The Kier molecular flexibility index (Phi) is 4.00. The van der Waals surface area contributed by atoms with Crippen LogP contribution in [-0.4, -0.2) is 13.2 Å². The van der Waals surface area contributed by atoms with Gasteiger partial charge in [0.25, 0.3) is 0 Å². The van der Waals surface area contributed by atoms with Gasteiger partial charge in [-0.1, -0.05) is 19.4 Å². The molecule has 0 bridgehead atoms. The van der Waals surface area contributed by atoms with E-state index in [0.717, 1.165) is 23.7 Å². The van der Waals surface area contributed by atoms with Gasteiger partial charge >= 0.3 is 0 Å². The summed E-state index contributed by atoms with van der Waals surface area (Å²) >= 11 is 0. The topological polar surface area (TPSA) is 47.3 Å². The lowest BCUT2D eigenvalue weighted by molar-refractivity contribution is 0.342. The highest BCUT2D eigenvalue weighted by molar-refractivity contribution is 5.73. The molecule has 0 unspecified atom stereocenters. The summed E-state index contributed by atoms with van der Waals surface area (Å²) in [6.07, 6.45) is 5.26. The molecule has 1 aliphatic rings. The van der Waals surface area contributed by atoms with E-state index in [1.54, 1.807) is 0 Å². The van der Waals surface area contributed by atoms with Crippen LogP contribution in [0.3, 0.4) is 0 Å². The zero-order chi connectivity index (χ0) is 13.0. The summed E-state index contributed by atoms with van der Waals surface area (Å²) in [4.78, 5) is 0. The molecule has 0 radical (unpaired) electrons. The Hall–Kier alpha value is -1.38. The van der Waals surface area contributed by atoms with E-state index in [4.69, 9.17) is 10.5 Å². The fourth-order valence-corrected chi connectivity index (χ4v) is 2.48. The van der Waals surface area contributed by atoms with Crippen LogP contribution < -0.4 is 15.8 Å². The third-order valence-electron chi connectivity index (χ3n) is 3.76. The third-order valence-corrected chi connectivity index (χ3v) is 3.76. The molecule has 0 spiro atoms. The van der Waals surface area contributed by atoms with Crippen molar-refractivity contribution >= 4 is 11.4 Å². The van der Waals surface area contributed by atoms with Crippen LogP contribution in [0.25, 0.3) is 0 Å². The number of rotatable bonds is 7. The summed E-state index contributed by atoms with van der Waals surface area (Å²) in [6.45, 7) is 5.90. The number of hydrogen-bond acceptors (Lipinski definition) is 3. The molecule has 1 aliphatic carbocycles. The maximum Gasteiger partial charge on any atom is 0.144 e. The van der Waals surface area contributed by atoms with Gasteiger partial charge in [-0.15, -0.1) is 0 Å². The largest absolute Gasteiger partial charge is 0.492 e. The summed E-state index contributed by atoms with van der Waals surface area (Å²) in [5.74, 6) is 0.780. The van der Waals surface area contributed by atoms with E-state index < -0.39 is 0 Å². The highest BCUT2D eigenvalue weighted by atomic mass is 16.5. The highest BCUT2D eigenvalue weighted by Crippen LogP contribution is 2.49. The third kappa shape index (κ3) is 2.89. The van der Waals surface area contributed by atoms with Crippen molar-refractivity contribution in [3.8, 4) is 5.75 Å². The number of ether oxygens (including phenoxy) is 1. The van der Waals surface area contributed by atoms with Gasteiger partial charge in [-0.3, -0.25) is 0 Å². The van der Waals surface area contributed by atoms with Crippen LogP contribution in [0.5, 0.6) is 5.75 Å². The molecule has 100 valence electrons. The Morgan fingerprint density at radius 1 is 1.33 bits per heavy atom. The van der Waals surface area contributed by atoms with E-state index in [9.17, 15) is 0 Å². The summed E-state index contributed by atoms with van der Waals surface area (Å²) in [5.41, 5.74) is 8.37. The zero-order valence-corrected chi connectivity index (χ0v) is 11.5. The van der Waals surface area contributed by atoms with Gasteiger partial charge in [0.15, 0.2) is 0 Å². The van der Waals surface area contributed by atoms with Crippen LogP contribution in [0.1, 0.15) is 39.5 Å². The average molecular weight is 248 g/mol. The summed E-state index contributed by atoms with van der Waals surface area (Å²) in [7, 11) is 0. The van der Waals surface area contributed by atoms with Gasteiger partial charge in [-0.2, -0.15) is 0 Å². The molecule has 1 saturated carbocycles. The first-order valence-corrected chi connectivity index (χ1v) is 6.96. The molecule has 3 N–H and O–H groups in total. The van der Waals surface area contributed by atoms with Gasteiger partial charge in [-0.05, 0) is 43.7 Å². The highest BCUT2D eigenvalue weighted by Gasteiger charge is 2.41. The van der Waals surface area contributed by atoms with E-state index in [1.807, 2.05) is 25.1 Å². The quantitative estimate of drug-likeness (QED) is 0.724. The molecule has 3 heteroatoms. The number of anilines is 2. The second kappa shape index (κ2) is 5.51. The molecular weight excluding hydrogens is 224 g/mol. The molecule has 0 atom stereocenters. The Bertz CT molecular complexity index is 399. The Balaban J connectivity index is 1.99. The molecule has 0 aliphatic heterocycles. The van der Waals surface area contributed by atoms with Crippen molar-refractivity contribution in [2.75, 3.05) is 24.2 Å². The van der Waals surface area contributed by atoms with E-state index in [1.165, 1.54) is 25.7 Å². The van der Waals surface area contributed by atoms with Gasteiger partial charge in [0.05, 0.1) is 18.0 Å².